The first kappa shape index (κ1) is 34.7. The number of thiocarbonyl (C=S) groups is 2. The molecule has 4 rings (SSSR count). The molecular weight excluding hydrogens is 649 g/mol. The second-order valence-corrected chi connectivity index (χ2v) is 11.1. The zero-order valence-corrected chi connectivity index (χ0v) is 27.6. The molecule has 2 aliphatic heterocycles. The van der Waals surface area contributed by atoms with Crippen LogP contribution in [0.4, 0.5) is 0 Å². The molecule has 2 aliphatic rings. The topological polar surface area (TPSA) is 123 Å². The van der Waals surface area contributed by atoms with Gasteiger partial charge in [-0.25, -0.2) is 0 Å². The number of halogens is 2. The van der Waals surface area contributed by atoms with E-state index in [1.165, 1.54) is 40.3 Å². The number of ether oxygens (including phenoxy) is 2. The van der Waals surface area contributed by atoms with Crippen LogP contribution in [0.15, 0.2) is 36.4 Å². The average Bonchev–Trinajstić information content (AvgIpc) is 3.00. The summed E-state index contributed by atoms with van der Waals surface area (Å²) in [5.41, 5.74) is 1.27. The smallest absolute Gasteiger partial charge is 0.241 e. The maximum atomic E-state index is 13.7. The van der Waals surface area contributed by atoms with Gasteiger partial charge >= 0.3 is 0 Å². The van der Waals surface area contributed by atoms with Crippen LogP contribution in [0.5, 0.6) is 11.5 Å². The number of benzene rings is 2. The van der Waals surface area contributed by atoms with Gasteiger partial charge < -0.3 is 9.47 Å². The molecule has 2 saturated heterocycles. The van der Waals surface area contributed by atoms with Crippen molar-refractivity contribution < 1.29 is 28.7 Å². The highest BCUT2D eigenvalue weighted by atomic mass is 35.5. The zero-order chi connectivity index (χ0) is 31.7. The highest BCUT2D eigenvalue weighted by Gasteiger charge is 2.54. The third-order valence-corrected chi connectivity index (χ3v) is 8.86. The fourth-order valence-corrected chi connectivity index (χ4v) is 5.79. The molecule has 44 heavy (non-hydrogen) atoms. The predicted molar refractivity (Wildman–Crippen MR) is 171 cm³/mol. The molecule has 15 heteroatoms. The van der Waals surface area contributed by atoms with E-state index in [9.17, 15) is 24.4 Å². The Bertz CT molecular complexity index is 1490. The standard InChI is InChI=1S/C29H28ClN5O6S2.ClH/c1-6-40-19-12-17(11-18(30)23(19)41-14-16-10-8-7-9-15(16)13-31)20(21-24(36)32(2)28(42)33(3)25(21)37)22-26(38)34(4)29(43)35(5)27(22)39;/h7-12,20-22H,6,14H2,1-5H3;1H. The molecule has 2 aromatic rings. The van der Waals surface area contributed by atoms with E-state index in [0.29, 0.717) is 11.1 Å². The van der Waals surface area contributed by atoms with Crippen molar-refractivity contribution in [2.45, 2.75) is 19.4 Å². The van der Waals surface area contributed by atoms with Crippen molar-refractivity contribution >= 4 is 82.3 Å². The number of carbonyl (C=O) groups is 4. The minimum absolute atomic E-state index is 0. The molecule has 0 radical (unpaired) electrons. The number of hydrogen-bond acceptors (Lipinski definition) is 9. The molecule has 0 aliphatic carbocycles. The Morgan fingerprint density at radius 2 is 1.34 bits per heavy atom. The fraction of sp³-hybridized carbons (Fsp3) is 0.345. The first-order valence-electron chi connectivity index (χ1n) is 13.1. The van der Waals surface area contributed by atoms with Gasteiger partial charge in [-0.05, 0) is 55.1 Å². The van der Waals surface area contributed by atoms with E-state index < -0.39 is 41.4 Å². The van der Waals surface area contributed by atoms with E-state index in [0.717, 1.165) is 19.6 Å². The van der Waals surface area contributed by atoms with Crippen LogP contribution in [-0.2, 0) is 25.8 Å². The van der Waals surface area contributed by atoms with Crippen LogP contribution in [0, 0.1) is 23.2 Å². The molecule has 2 aromatic carbocycles. The Morgan fingerprint density at radius 3 is 1.80 bits per heavy atom. The van der Waals surface area contributed by atoms with Gasteiger partial charge in [0.05, 0.1) is 23.3 Å². The van der Waals surface area contributed by atoms with Crippen LogP contribution in [0.2, 0.25) is 5.02 Å². The van der Waals surface area contributed by atoms with Gasteiger partial charge in [0, 0.05) is 39.7 Å². The van der Waals surface area contributed by atoms with Gasteiger partial charge in [-0.2, -0.15) is 5.26 Å². The summed E-state index contributed by atoms with van der Waals surface area (Å²) in [6.07, 6.45) is 0. The summed E-state index contributed by atoms with van der Waals surface area (Å²) in [5, 5.41) is 9.46. The van der Waals surface area contributed by atoms with Crippen molar-refractivity contribution in [3.05, 3.63) is 58.1 Å². The maximum Gasteiger partial charge on any atom is 0.241 e. The van der Waals surface area contributed by atoms with Crippen molar-refractivity contribution in [2.75, 3.05) is 34.8 Å². The Morgan fingerprint density at radius 1 is 0.864 bits per heavy atom. The van der Waals surface area contributed by atoms with Crippen molar-refractivity contribution in [1.29, 1.82) is 5.26 Å². The van der Waals surface area contributed by atoms with Crippen LogP contribution >= 0.6 is 48.4 Å². The van der Waals surface area contributed by atoms with Crippen LogP contribution in [0.3, 0.4) is 0 Å². The highest BCUT2D eigenvalue weighted by Crippen LogP contribution is 2.45. The fourth-order valence-electron chi connectivity index (χ4n) is 5.15. The highest BCUT2D eigenvalue weighted by molar-refractivity contribution is 7.80. The number of nitrogens with zero attached hydrogens (tertiary/aromatic N) is 5. The van der Waals surface area contributed by atoms with E-state index in [4.69, 9.17) is 45.5 Å². The van der Waals surface area contributed by atoms with Crippen LogP contribution in [0.1, 0.15) is 29.5 Å². The third kappa shape index (κ3) is 6.08. The molecular formula is C29H29Cl2N5O6S2. The first-order chi connectivity index (χ1) is 20.3. The number of nitriles is 1. The van der Waals surface area contributed by atoms with Crippen molar-refractivity contribution in [2.24, 2.45) is 11.8 Å². The number of hydrogen-bond donors (Lipinski definition) is 0. The van der Waals surface area contributed by atoms with E-state index in [2.05, 4.69) is 6.07 Å². The normalized spacial score (nSPS) is 16.5. The largest absolute Gasteiger partial charge is 0.490 e. The van der Waals surface area contributed by atoms with Gasteiger partial charge in [0.25, 0.3) is 0 Å². The molecule has 232 valence electrons. The summed E-state index contributed by atoms with van der Waals surface area (Å²) in [5.74, 6) is -6.75. The van der Waals surface area contributed by atoms with E-state index in [-0.39, 0.29) is 57.9 Å². The van der Waals surface area contributed by atoms with Crippen molar-refractivity contribution in [3.63, 3.8) is 0 Å². The Balaban J connectivity index is 0.00000529. The summed E-state index contributed by atoms with van der Waals surface area (Å²) >= 11 is 17.3. The van der Waals surface area contributed by atoms with Gasteiger partial charge in [-0.15, -0.1) is 12.4 Å². The van der Waals surface area contributed by atoms with Gasteiger partial charge in [0.2, 0.25) is 23.6 Å². The van der Waals surface area contributed by atoms with Gasteiger partial charge in [0.15, 0.2) is 21.7 Å². The predicted octanol–water partition coefficient (Wildman–Crippen LogP) is 3.36. The monoisotopic (exact) mass is 677 g/mol. The summed E-state index contributed by atoms with van der Waals surface area (Å²) in [6, 6.07) is 12.0. The molecule has 0 bridgehead atoms. The van der Waals surface area contributed by atoms with E-state index in [1.807, 2.05) is 0 Å². The molecule has 0 spiro atoms. The molecule has 0 N–H and O–H groups in total. The SMILES string of the molecule is CCOc1cc(C(C2C(=O)N(C)C(=S)N(C)C2=O)C2C(=O)N(C)C(=S)N(C)C2=O)cc(Cl)c1OCc1ccccc1C#N.Cl. The molecule has 11 nitrogen and oxygen atoms in total. The first-order valence-corrected chi connectivity index (χ1v) is 14.3. The van der Waals surface area contributed by atoms with Crippen molar-refractivity contribution in [1.82, 2.24) is 19.6 Å². The minimum Gasteiger partial charge on any atom is -0.490 e. The second-order valence-electron chi connectivity index (χ2n) is 9.96. The minimum atomic E-state index is -1.51. The molecule has 0 saturated carbocycles. The summed E-state index contributed by atoms with van der Waals surface area (Å²) in [6.45, 7) is 1.92. The third-order valence-electron chi connectivity index (χ3n) is 7.48. The number of rotatable bonds is 8. The van der Waals surface area contributed by atoms with Gasteiger partial charge in [-0.1, -0.05) is 29.8 Å². The summed E-state index contributed by atoms with van der Waals surface area (Å²) in [4.78, 5) is 59.2. The van der Waals surface area contributed by atoms with Crippen LogP contribution in [0.25, 0.3) is 0 Å². The Hall–Kier alpha value is -3.83. The molecule has 2 heterocycles. The lowest BCUT2D eigenvalue weighted by Crippen LogP contribution is -2.63. The zero-order valence-electron chi connectivity index (χ0n) is 24.4. The maximum absolute atomic E-state index is 13.7. The Kier molecular flexibility index (Phi) is 10.9. The van der Waals surface area contributed by atoms with Gasteiger partial charge in [0.1, 0.15) is 18.4 Å². The number of amides is 4. The lowest BCUT2D eigenvalue weighted by atomic mass is 9.73. The average molecular weight is 679 g/mol. The number of carbonyl (C=O) groups excluding carboxylic acids is 4. The second kappa shape index (κ2) is 13.9. The molecule has 4 amide bonds. The van der Waals surface area contributed by atoms with E-state index in [1.54, 1.807) is 31.2 Å². The molecule has 0 atom stereocenters. The lowest BCUT2D eigenvalue weighted by molar-refractivity contribution is -0.152. The van der Waals surface area contributed by atoms with Gasteiger partial charge in [-0.3, -0.25) is 38.8 Å². The molecule has 2 fully saturated rings. The lowest BCUT2D eigenvalue weighted by Gasteiger charge is -2.43. The Labute approximate surface area is 276 Å². The van der Waals surface area contributed by atoms with E-state index >= 15 is 0 Å². The molecule has 0 aromatic heterocycles. The van der Waals surface area contributed by atoms with Crippen LogP contribution < -0.4 is 9.47 Å². The summed E-state index contributed by atoms with van der Waals surface area (Å²) < 4.78 is 11.9. The quantitative estimate of drug-likeness (QED) is 0.306. The van der Waals surface area contributed by atoms with Crippen molar-refractivity contribution in [3.8, 4) is 17.6 Å². The van der Waals surface area contributed by atoms with Crippen LogP contribution in [-0.4, -0.2) is 88.3 Å². The molecule has 0 unspecified atom stereocenters. The summed E-state index contributed by atoms with van der Waals surface area (Å²) in [7, 11) is 5.68.